The number of likely N-dealkylation sites (N-methyl/N-ethyl adjacent to an activating group) is 2. The highest BCUT2D eigenvalue weighted by atomic mass is 31.1. The molecule has 6 heteroatoms. The van der Waals surface area contributed by atoms with Gasteiger partial charge in [-0.25, -0.2) is 0 Å². The summed E-state index contributed by atoms with van der Waals surface area (Å²) in [7, 11) is 2.34. The predicted octanol–water partition coefficient (Wildman–Crippen LogP) is 8.99. The second-order valence-electron chi connectivity index (χ2n) is 16.2. The highest BCUT2D eigenvalue weighted by Crippen LogP contribution is 2.53. The zero-order chi connectivity index (χ0) is 39.4. The molecule has 0 aromatic heterocycles. The smallest absolute Gasteiger partial charge is 0.151 e. The number of nitrogens with zero attached hydrogens (tertiary/aromatic N) is 2. The molecule has 0 aliphatic carbocycles. The number of rotatable bonds is 7. The van der Waals surface area contributed by atoms with Crippen molar-refractivity contribution in [3.05, 3.63) is 142 Å². The molecule has 0 radical (unpaired) electrons. The number of hydrogen-bond donors (Lipinski definition) is 0. The van der Waals surface area contributed by atoms with Crippen molar-refractivity contribution >= 4 is 59.0 Å². The quantitative estimate of drug-likeness (QED) is 0.151. The molecule has 2 heterocycles. The van der Waals surface area contributed by atoms with E-state index < -0.39 is 15.8 Å². The number of ether oxygens (including phenoxy) is 2. The first-order chi connectivity index (χ1) is 26.8. The van der Waals surface area contributed by atoms with E-state index in [0.717, 1.165) is 36.0 Å². The molecule has 6 aromatic rings. The summed E-state index contributed by atoms with van der Waals surface area (Å²) in [6.45, 7) is 20.8. The monoisotopic (exact) mass is 776 g/mol. The summed E-state index contributed by atoms with van der Waals surface area (Å²) in [5.74, 6) is 1.92. The Balaban J connectivity index is 1.55. The third-order valence-corrected chi connectivity index (χ3v) is 15.8. The zero-order valence-corrected chi connectivity index (χ0v) is 36.5. The van der Waals surface area contributed by atoms with E-state index in [9.17, 15) is 0 Å². The summed E-state index contributed by atoms with van der Waals surface area (Å²) < 4.78 is 14.0. The van der Waals surface area contributed by atoms with Gasteiger partial charge in [0.15, 0.2) is 11.5 Å². The van der Waals surface area contributed by atoms with Crippen LogP contribution in [0.5, 0.6) is 11.5 Å². The molecule has 0 atom stereocenters. The third kappa shape index (κ3) is 7.35. The average molecular weight is 777 g/mol. The van der Waals surface area contributed by atoms with E-state index in [2.05, 4.69) is 176 Å². The van der Waals surface area contributed by atoms with Crippen LogP contribution in [0.15, 0.2) is 97.1 Å². The fraction of sp³-hybridized carbons (Fsp3) is 0.280. The van der Waals surface area contributed by atoms with E-state index >= 15 is 0 Å². The van der Waals surface area contributed by atoms with Crippen LogP contribution in [0.3, 0.4) is 0 Å². The highest BCUT2D eigenvalue weighted by Gasteiger charge is 2.35. The molecule has 0 spiro atoms. The second kappa shape index (κ2) is 15.4. The zero-order valence-electron chi connectivity index (χ0n) is 34.7. The number of benzene rings is 6. The van der Waals surface area contributed by atoms with Gasteiger partial charge in [0.25, 0.3) is 0 Å². The van der Waals surface area contributed by atoms with Crippen molar-refractivity contribution < 1.29 is 9.47 Å². The molecule has 0 saturated carbocycles. The maximum Gasteiger partial charge on any atom is 0.151 e. The first-order valence-corrected chi connectivity index (χ1v) is 22.5. The van der Waals surface area contributed by atoms with Gasteiger partial charge in [0, 0.05) is 25.2 Å². The molecule has 286 valence electrons. The van der Waals surface area contributed by atoms with E-state index in [1.807, 2.05) is 0 Å². The molecule has 0 fully saturated rings. The maximum absolute atomic E-state index is 6.98. The SMILES string of the molecule is Cc1cc(C)cc(P(c2cc(C)cc(C)c2)c2ccc3c(c2-c2c(P(c4cc(C)cc(C)c4)c4cc(C)cc(C)c4)ccc4c2OCCN4C)OCCN3C)c1. The van der Waals surface area contributed by atoms with Crippen molar-refractivity contribution in [2.45, 2.75) is 55.4 Å². The summed E-state index contributed by atoms with van der Waals surface area (Å²) in [6.07, 6.45) is 0. The van der Waals surface area contributed by atoms with Gasteiger partial charge < -0.3 is 19.3 Å². The molecule has 4 nitrogen and oxygen atoms in total. The topological polar surface area (TPSA) is 24.9 Å². The fourth-order valence-corrected chi connectivity index (χ4v) is 14.5. The number of fused-ring (bicyclic) bond motifs is 2. The lowest BCUT2D eigenvalue weighted by Gasteiger charge is -2.36. The summed E-state index contributed by atoms with van der Waals surface area (Å²) in [4.78, 5) is 4.72. The summed E-state index contributed by atoms with van der Waals surface area (Å²) in [6, 6.07) is 37.9. The van der Waals surface area contributed by atoms with Crippen molar-refractivity contribution in [2.75, 3.05) is 50.2 Å². The molecule has 2 aliphatic rings. The van der Waals surface area contributed by atoms with E-state index in [0.29, 0.717) is 13.2 Å². The molecule has 0 amide bonds. The Kier molecular flexibility index (Phi) is 10.5. The Morgan fingerprint density at radius 1 is 0.393 bits per heavy atom. The minimum absolute atomic E-state index is 0.624. The molecule has 2 aliphatic heterocycles. The minimum atomic E-state index is -1.03. The lowest BCUT2D eigenvalue weighted by molar-refractivity contribution is 0.308. The average Bonchev–Trinajstić information content (AvgIpc) is 3.11. The van der Waals surface area contributed by atoms with Crippen LogP contribution in [0.1, 0.15) is 44.5 Å². The van der Waals surface area contributed by atoms with Gasteiger partial charge in [-0.1, -0.05) is 129 Å². The molecule has 56 heavy (non-hydrogen) atoms. The van der Waals surface area contributed by atoms with Crippen molar-refractivity contribution in [2.24, 2.45) is 0 Å². The van der Waals surface area contributed by atoms with Gasteiger partial charge in [-0.05, 0) is 115 Å². The Bertz CT molecular complexity index is 2130. The van der Waals surface area contributed by atoms with E-state index in [4.69, 9.17) is 9.47 Å². The van der Waals surface area contributed by atoms with Crippen LogP contribution >= 0.6 is 15.8 Å². The van der Waals surface area contributed by atoms with Gasteiger partial charge >= 0.3 is 0 Å². The molecular weight excluding hydrogens is 723 g/mol. The molecule has 6 aromatic carbocycles. The fourth-order valence-electron chi connectivity index (χ4n) is 8.86. The van der Waals surface area contributed by atoms with Crippen molar-refractivity contribution in [3.63, 3.8) is 0 Å². The maximum atomic E-state index is 6.98. The van der Waals surface area contributed by atoms with Crippen LogP contribution in [0.4, 0.5) is 11.4 Å². The van der Waals surface area contributed by atoms with Crippen LogP contribution in [0, 0.1) is 55.4 Å². The normalized spacial score (nSPS) is 13.8. The lowest BCUT2D eigenvalue weighted by atomic mass is 9.99. The molecule has 8 rings (SSSR count). The third-order valence-electron chi connectivity index (χ3n) is 11.0. The van der Waals surface area contributed by atoms with Gasteiger partial charge in [0.1, 0.15) is 13.2 Å². The highest BCUT2D eigenvalue weighted by molar-refractivity contribution is 7.80. The Hall–Kier alpha value is -4.62. The van der Waals surface area contributed by atoms with Gasteiger partial charge in [-0.15, -0.1) is 0 Å². The van der Waals surface area contributed by atoms with Crippen LogP contribution in [0.2, 0.25) is 0 Å². The van der Waals surface area contributed by atoms with E-state index in [1.54, 1.807) is 0 Å². The number of hydrogen-bond acceptors (Lipinski definition) is 4. The van der Waals surface area contributed by atoms with Gasteiger partial charge in [0.2, 0.25) is 0 Å². The lowest BCUT2D eigenvalue weighted by Crippen LogP contribution is -2.34. The standard InChI is InChI=1S/C50H54N2O2P2/c1-31-19-32(2)24-39(23-31)55(40-25-33(3)20-34(4)26-40)45-13-11-43-49(53-17-15-51(43)9)47(45)48-46(14-12-44-50(48)54-18-16-52(44)10)56(41-27-35(5)21-36(6)28-41)42-29-37(7)22-38(8)30-42/h11-14,19-30H,15-18H2,1-10H3. The summed E-state index contributed by atoms with van der Waals surface area (Å²) in [5.41, 5.74) is 14.8. The van der Waals surface area contributed by atoms with Crippen molar-refractivity contribution in [1.29, 1.82) is 0 Å². The van der Waals surface area contributed by atoms with E-state index in [1.165, 1.54) is 87.5 Å². The molecule has 0 N–H and O–H groups in total. The summed E-state index contributed by atoms with van der Waals surface area (Å²) >= 11 is 0. The van der Waals surface area contributed by atoms with Crippen LogP contribution in [0.25, 0.3) is 11.1 Å². The van der Waals surface area contributed by atoms with Gasteiger partial charge in [-0.3, -0.25) is 0 Å². The van der Waals surface area contributed by atoms with E-state index in [-0.39, 0.29) is 0 Å². The van der Waals surface area contributed by atoms with Crippen molar-refractivity contribution in [3.8, 4) is 22.6 Å². The predicted molar refractivity (Wildman–Crippen MR) is 245 cm³/mol. The Morgan fingerprint density at radius 3 is 0.929 bits per heavy atom. The van der Waals surface area contributed by atoms with Gasteiger partial charge in [0.05, 0.1) is 24.5 Å². The van der Waals surface area contributed by atoms with Crippen LogP contribution < -0.4 is 51.1 Å². The molecular formula is C50H54N2O2P2. The van der Waals surface area contributed by atoms with Crippen LogP contribution in [-0.2, 0) is 0 Å². The minimum Gasteiger partial charge on any atom is -0.489 e. The summed E-state index contributed by atoms with van der Waals surface area (Å²) in [5, 5.41) is 8.00. The Labute approximate surface area is 337 Å². The molecule has 0 saturated heterocycles. The first kappa shape index (κ1) is 38.3. The first-order valence-electron chi connectivity index (χ1n) is 19.8. The van der Waals surface area contributed by atoms with Crippen LogP contribution in [-0.4, -0.2) is 40.4 Å². The Morgan fingerprint density at radius 2 is 0.661 bits per heavy atom. The number of anilines is 2. The molecule has 0 bridgehead atoms. The second-order valence-corrected chi connectivity index (χ2v) is 20.6. The van der Waals surface area contributed by atoms with Crippen molar-refractivity contribution in [1.82, 2.24) is 0 Å². The molecule has 0 unspecified atom stereocenters. The largest absolute Gasteiger partial charge is 0.489 e. The van der Waals surface area contributed by atoms with Gasteiger partial charge in [-0.2, -0.15) is 0 Å². The number of aryl methyl sites for hydroxylation is 8.